The lowest BCUT2D eigenvalue weighted by Gasteiger charge is -2.08. The number of aryl methyl sites for hydroxylation is 1. The smallest absolute Gasteiger partial charge is 0.249 e. The normalized spacial score (nSPS) is 10.8. The highest BCUT2D eigenvalue weighted by Gasteiger charge is 2.08. The Morgan fingerprint density at radius 3 is 2.65 bits per heavy atom. The summed E-state index contributed by atoms with van der Waals surface area (Å²) < 4.78 is 7.08. The Labute approximate surface area is 152 Å². The zero-order chi connectivity index (χ0) is 18.4. The van der Waals surface area contributed by atoms with Gasteiger partial charge >= 0.3 is 0 Å². The van der Waals surface area contributed by atoms with Crippen LogP contribution in [0.1, 0.15) is 16.8 Å². The van der Waals surface area contributed by atoms with Crippen LogP contribution in [0.2, 0.25) is 0 Å². The molecule has 0 atom stereocenters. The average Bonchev–Trinajstić information content (AvgIpc) is 2.99. The number of carbonyl (C=O) groups excluding carboxylic acids is 1. The van der Waals surface area contributed by atoms with Crippen LogP contribution in [0.5, 0.6) is 5.75 Å². The fourth-order valence-electron chi connectivity index (χ4n) is 2.66. The SMILES string of the molecule is COc1ccccc1C=CC(=O)Nc1cc(C)nn1Cc1ccccc1. The molecule has 3 rings (SSSR count). The van der Waals surface area contributed by atoms with Crippen LogP contribution in [0.3, 0.4) is 0 Å². The van der Waals surface area contributed by atoms with Crippen molar-refractivity contribution in [3.63, 3.8) is 0 Å². The molecule has 0 saturated carbocycles. The molecule has 3 aromatic rings. The second-order valence-electron chi connectivity index (χ2n) is 5.88. The number of amides is 1. The van der Waals surface area contributed by atoms with Gasteiger partial charge in [-0.15, -0.1) is 0 Å². The van der Waals surface area contributed by atoms with E-state index in [1.165, 1.54) is 6.08 Å². The third-order valence-corrected chi connectivity index (χ3v) is 3.88. The zero-order valence-electron chi connectivity index (χ0n) is 14.8. The number of nitrogens with one attached hydrogen (secondary N) is 1. The maximum absolute atomic E-state index is 12.3. The molecule has 5 nitrogen and oxygen atoms in total. The highest BCUT2D eigenvalue weighted by atomic mass is 16.5. The molecule has 0 saturated heterocycles. The minimum atomic E-state index is -0.217. The molecule has 26 heavy (non-hydrogen) atoms. The highest BCUT2D eigenvalue weighted by molar-refractivity contribution is 6.01. The molecule has 1 heterocycles. The Balaban J connectivity index is 1.72. The van der Waals surface area contributed by atoms with Crippen LogP contribution >= 0.6 is 0 Å². The Morgan fingerprint density at radius 2 is 1.88 bits per heavy atom. The number of nitrogens with zero attached hydrogens (tertiary/aromatic N) is 2. The molecule has 0 spiro atoms. The third-order valence-electron chi connectivity index (χ3n) is 3.88. The number of hydrogen-bond acceptors (Lipinski definition) is 3. The van der Waals surface area contributed by atoms with Gasteiger partial charge in [0.25, 0.3) is 0 Å². The van der Waals surface area contributed by atoms with Crippen molar-refractivity contribution in [3.05, 3.63) is 83.6 Å². The maximum atomic E-state index is 12.3. The molecule has 0 aliphatic heterocycles. The fourth-order valence-corrected chi connectivity index (χ4v) is 2.66. The molecule has 2 aromatic carbocycles. The molecule has 5 heteroatoms. The summed E-state index contributed by atoms with van der Waals surface area (Å²) in [5.41, 5.74) is 2.82. The molecule has 1 amide bonds. The Morgan fingerprint density at radius 1 is 1.15 bits per heavy atom. The first-order chi connectivity index (χ1) is 12.7. The van der Waals surface area contributed by atoms with E-state index in [9.17, 15) is 4.79 Å². The summed E-state index contributed by atoms with van der Waals surface area (Å²) >= 11 is 0. The van der Waals surface area contributed by atoms with Crippen LogP contribution in [0.25, 0.3) is 6.08 Å². The van der Waals surface area contributed by atoms with E-state index in [-0.39, 0.29) is 5.91 Å². The summed E-state index contributed by atoms with van der Waals surface area (Å²) in [5.74, 6) is 1.17. The summed E-state index contributed by atoms with van der Waals surface area (Å²) in [6.45, 7) is 2.50. The number of rotatable bonds is 6. The first-order valence-electron chi connectivity index (χ1n) is 8.36. The van der Waals surface area contributed by atoms with Crippen LogP contribution in [0, 0.1) is 6.92 Å². The standard InChI is InChI=1S/C21H21N3O2/c1-16-14-20(24(23-16)15-17-8-4-3-5-9-17)22-21(25)13-12-18-10-6-7-11-19(18)26-2/h3-14H,15H2,1-2H3,(H,22,25). The van der Waals surface area contributed by atoms with E-state index in [0.29, 0.717) is 12.4 Å². The van der Waals surface area contributed by atoms with Crippen LogP contribution < -0.4 is 10.1 Å². The first-order valence-corrected chi connectivity index (χ1v) is 8.36. The number of carbonyl (C=O) groups is 1. The lowest BCUT2D eigenvalue weighted by atomic mass is 10.2. The molecule has 0 radical (unpaired) electrons. The molecule has 0 aliphatic rings. The van der Waals surface area contributed by atoms with Gasteiger partial charge in [-0.2, -0.15) is 5.10 Å². The van der Waals surface area contributed by atoms with E-state index in [2.05, 4.69) is 10.4 Å². The number of anilines is 1. The van der Waals surface area contributed by atoms with Gasteiger partial charge in [0.05, 0.1) is 19.3 Å². The molecule has 0 aliphatic carbocycles. The Hall–Kier alpha value is -3.34. The number of aromatic nitrogens is 2. The van der Waals surface area contributed by atoms with Crippen molar-refractivity contribution in [1.82, 2.24) is 9.78 Å². The van der Waals surface area contributed by atoms with Crippen LogP contribution in [0.15, 0.2) is 66.7 Å². The van der Waals surface area contributed by atoms with Gasteiger partial charge in [0, 0.05) is 17.7 Å². The number of hydrogen-bond donors (Lipinski definition) is 1. The molecule has 0 fully saturated rings. The molecule has 132 valence electrons. The van der Waals surface area contributed by atoms with E-state index in [4.69, 9.17) is 4.74 Å². The lowest BCUT2D eigenvalue weighted by molar-refractivity contribution is -0.111. The van der Waals surface area contributed by atoms with E-state index in [1.54, 1.807) is 17.9 Å². The van der Waals surface area contributed by atoms with E-state index < -0.39 is 0 Å². The van der Waals surface area contributed by atoms with Crippen LogP contribution in [-0.4, -0.2) is 22.8 Å². The van der Waals surface area contributed by atoms with Crippen molar-refractivity contribution in [2.45, 2.75) is 13.5 Å². The van der Waals surface area contributed by atoms with Gasteiger partial charge in [0.2, 0.25) is 5.91 Å². The summed E-state index contributed by atoms with van der Waals surface area (Å²) in [4.78, 5) is 12.3. The van der Waals surface area contributed by atoms with Gasteiger partial charge in [-0.25, -0.2) is 4.68 Å². The third kappa shape index (κ3) is 4.39. The van der Waals surface area contributed by atoms with Crippen LogP contribution in [0.4, 0.5) is 5.82 Å². The molecule has 1 aromatic heterocycles. The quantitative estimate of drug-likeness (QED) is 0.688. The number of para-hydroxylation sites is 1. The summed E-state index contributed by atoms with van der Waals surface area (Å²) in [5, 5.41) is 7.36. The first kappa shape index (κ1) is 17.5. The molecular formula is C21H21N3O2. The fraction of sp³-hybridized carbons (Fsp3) is 0.143. The highest BCUT2D eigenvalue weighted by Crippen LogP contribution is 2.19. The molecular weight excluding hydrogens is 326 g/mol. The predicted molar refractivity (Wildman–Crippen MR) is 103 cm³/mol. The minimum Gasteiger partial charge on any atom is -0.496 e. The van der Waals surface area contributed by atoms with Crippen LogP contribution in [-0.2, 0) is 11.3 Å². The monoisotopic (exact) mass is 347 g/mol. The summed E-state index contributed by atoms with van der Waals surface area (Å²) in [6.07, 6.45) is 3.23. The van der Waals surface area contributed by atoms with Gasteiger partial charge in [0.15, 0.2) is 0 Å². The van der Waals surface area contributed by atoms with Gasteiger partial charge in [-0.05, 0) is 24.6 Å². The summed E-state index contributed by atoms with van der Waals surface area (Å²) in [6, 6.07) is 19.4. The molecule has 0 bridgehead atoms. The lowest BCUT2D eigenvalue weighted by Crippen LogP contribution is -2.13. The average molecular weight is 347 g/mol. The molecule has 1 N–H and O–H groups in total. The number of benzene rings is 2. The van der Waals surface area contributed by atoms with E-state index in [1.807, 2.05) is 67.6 Å². The van der Waals surface area contributed by atoms with Crippen molar-refractivity contribution in [3.8, 4) is 5.75 Å². The van der Waals surface area contributed by atoms with Crippen molar-refractivity contribution < 1.29 is 9.53 Å². The summed E-state index contributed by atoms with van der Waals surface area (Å²) in [7, 11) is 1.61. The van der Waals surface area contributed by atoms with Gasteiger partial charge in [0.1, 0.15) is 11.6 Å². The van der Waals surface area contributed by atoms with E-state index >= 15 is 0 Å². The number of methoxy groups -OCH3 is 1. The second-order valence-corrected chi connectivity index (χ2v) is 5.88. The van der Waals surface area contributed by atoms with Gasteiger partial charge < -0.3 is 10.1 Å². The minimum absolute atomic E-state index is 0.217. The van der Waals surface area contributed by atoms with Crippen molar-refractivity contribution in [2.75, 3.05) is 12.4 Å². The number of ether oxygens (including phenoxy) is 1. The molecule has 0 unspecified atom stereocenters. The maximum Gasteiger partial charge on any atom is 0.249 e. The predicted octanol–water partition coefficient (Wildman–Crippen LogP) is 3.90. The van der Waals surface area contributed by atoms with Crippen molar-refractivity contribution in [2.24, 2.45) is 0 Å². The van der Waals surface area contributed by atoms with Crippen molar-refractivity contribution in [1.29, 1.82) is 0 Å². The van der Waals surface area contributed by atoms with E-state index in [0.717, 1.165) is 22.6 Å². The zero-order valence-corrected chi connectivity index (χ0v) is 14.8. The van der Waals surface area contributed by atoms with Gasteiger partial charge in [-0.1, -0.05) is 48.5 Å². The Bertz CT molecular complexity index is 914. The topological polar surface area (TPSA) is 56.1 Å². The second kappa shape index (κ2) is 8.16. The Kier molecular flexibility index (Phi) is 5.49. The largest absolute Gasteiger partial charge is 0.496 e. The van der Waals surface area contributed by atoms with Crippen molar-refractivity contribution >= 4 is 17.8 Å². The van der Waals surface area contributed by atoms with Gasteiger partial charge in [-0.3, -0.25) is 4.79 Å².